The van der Waals surface area contributed by atoms with Crippen molar-refractivity contribution in [2.45, 2.75) is 156 Å². The molecule has 2 aromatic carbocycles. The molecule has 74 heavy (non-hydrogen) atoms. The summed E-state index contributed by atoms with van der Waals surface area (Å²) in [5.41, 5.74) is 1.18. The van der Waals surface area contributed by atoms with Crippen molar-refractivity contribution in [3.8, 4) is 23.7 Å². The maximum Gasteiger partial charge on any atom is 0.246 e. The van der Waals surface area contributed by atoms with E-state index in [1.807, 2.05) is 122 Å². The smallest absolute Gasteiger partial charge is 0.246 e. The number of amides is 6. The van der Waals surface area contributed by atoms with E-state index in [9.17, 15) is 28.8 Å². The quantitative estimate of drug-likeness (QED) is 0.0955. The van der Waals surface area contributed by atoms with Gasteiger partial charge in [0.05, 0.1) is 12.1 Å². The number of halogens is 4. The van der Waals surface area contributed by atoms with E-state index >= 15 is 0 Å². The lowest BCUT2D eigenvalue weighted by Gasteiger charge is -2.37. The predicted molar refractivity (Wildman–Crippen MR) is 306 cm³/mol. The molecule has 0 aliphatic carbocycles. The fourth-order valence-electron chi connectivity index (χ4n) is 8.89. The topological polar surface area (TPSA) is 163 Å². The van der Waals surface area contributed by atoms with Crippen molar-refractivity contribution < 1.29 is 28.8 Å². The first-order chi connectivity index (χ1) is 33.2. The molecule has 0 radical (unpaired) electrons. The lowest BCUT2D eigenvalue weighted by atomic mass is 9.85. The van der Waals surface area contributed by atoms with Crippen LogP contribution in [0.2, 0.25) is 0 Å². The normalized spacial score (nSPS) is 16.5. The van der Waals surface area contributed by atoms with Gasteiger partial charge in [0.1, 0.15) is 12.1 Å². The summed E-state index contributed by atoms with van der Waals surface area (Å²) in [7, 11) is 3.42. The summed E-state index contributed by atoms with van der Waals surface area (Å²) >= 11 is 0. The Labute approximate surface area is 467 Å². The first-order valence-electron chi connectivity index (χ1n) is 25.4. The Bertz CT molecular complexity index is 2030. The van der Waals surface area contributed by atoms with Gasteiger partial charge in [-0.3, -0.25) is 28.8 Å². The molecule has 2 aliphatic rings. The number of nitrogens with zero attached hydrogens (tertiary/aromatic N) is 4. The Morgan fingerprint density at radius 2 is 0.919 bits per heavy atom. The van der Waals surface area contributed by atoms with Gasteiger partial charge in [-0.25, -0.2) is 0 Å². The number of carbonyl (C=O) groups excluding carboxylic acids is 6. The Balaban J connectivity index is 0.0000133. The molecule has 0 unspecified atom stereocenters. The fourth-order valence-corrected chi connectivity index (χ4v) is 8.89. The molecule has 0 spiro atoms. The number of hydrogen-bond acceptors (Lipinski definition) is 8. The SMILES string of the molecule is CN[C@@H](C)C(=O)N[C@H](C(=O)N1CCC[C@H]1CN(CCc1ccccc1)C(=O)CCC#CC#CCCC(=O)N(CCc1ccccc1)C[C@@H]1CCCN1C(=O)[C@@H](NC(=O)[C@H](C)NC)C(C)(C)C)C(C)(C)C.Cl.Cl.Cl.Cl. The first kappa shape index (κ1) is 69.5. The van der Waals surface area contributed by atoms with Crippen LogP contribution in [-0.4, -0.2) is 145 Å². The molecule has 18 heteroatoms. The molecular formula is C56H86Cl4N8O6. The molecule has 2 aliphatic heterocycles. The van der Waals surface area contributed by atoms with Crippen molar-refractivity contribution in [3.63, 3.8) is 0 Å². The first-order valence-corrected chi connectivity index (χ1v) is 25.4. The van der Waals surface area contributed by atoms with Crippen molar-refractivity contribution in [2.24, 2.45) is 10.8 Å². The number of rotatable bonds is 22. The minimum Gasteiger partial charge on any atom is -0.342 e. The van der Waals surface area contributed by atoms with Crippen LogP contribution in [0.3, 0.4) is 0 Å². The largest absolute Gasteiger partial charge is 0.342 e. The van der Waals surface area contributed by atoms with Crippen molar-refractivity contribution in [3.05, 3.63) is 71.8 Å². The maximum absolute atomic E-state index is 14.2. The van der Waals surface area contributed by atoms with E-state index in [1.165, 1.54) is 0 Å². The molecule has 0 saturated carbocycles. The minimum atomic E-state index is -0.722. The minimum absolute atomic E-state index is 0. The summed E-state index contributed by atoms with van der Waals surface area (Å²) in [4.78, 5) is 89.4. The highest BCUT2D eigenvalue weighted by atomic mass is 35.5. The van der Waals surface area contributed by atoms with E-state index in [0.29, 0.717) is 65.0 Å². The second-order valence-electron chi connectivity index (χ2n) is 21.0. The van der Waals surface area contributed by atoms with Gasteiger partial charge in [-0.05, 0) is 100 Å². The van der Waals surface area contributed by atoms with Crippen LogP contribution in [0, 0.1) is 34.5 Å². The third-order valence-electron chi connectivity index (χ3n) is 13.5. The number of likely N-dealkylation sites (N-methyl/N-ethyl adjacent to an activating group) is 2. The van der Waals surface area contributed by atoms with Gasteiger partial charge in [-0.1, -0.05) is 114 Å². The summed E-state index contributed by atoms with van der Waals surface area (Å²) < 4.78 is 0. The van der Waals surface area contributed by atoms with Crippen LogP contribution in [0.4, 0.5) is 0 Å². The van der Waals surface area contributed by atoms with Crippen LogP contribution < -0.4 is 21.3 Å². The Hall–Kier alpha value is -4.54. The van der Waals surface area contributed by atoms with E-state index in [2.05, 4.69) is 44.9 Å². The molecule has 14 nitrogen and oxygen atoms in total. The van der Waals surface area contributed by atoms with Gasteiger partial charge in [-0.15, -0.1) is 49.6 Å². The highest BCUT2D eigenvalue weighted by Crippen LogP contribution is 2.28. The third kappa shape index (κ3) is 22.0. The molecule has 2 aromatic rings. The van der Waals surface area contributed by atoms with Gasteiger partial charge in [0.15, 0.2) is 0 Å². The standard InChI is InChI=1S/C56H82N8O6.4ClH/c1-41(57-9)51(67)59-49(55(3,4)5)53(69)63-35-23-29-45(63)39-61(37-33-43-25-17-15-18-26-43)47(65)31-21-13-11-12-14-22-32-48(66)62(38-34-44-27-19-16-20-28-44)40-46-30-24-36-64(46)54(70)50(56(6,7)8)60-52(68)42(2)58-10;;;;/h15-20,25-28,41-42,45-46,49-50,57-58H,21-24,29-40H2,1-10H3,(H,59,67)(H,60,68);4*1H/t41-,42-,45-,46-,49+,50+;;;;/m0..../s1. The average molecular weight is 1110 g/mol. The van der Waals surface area contributed by atoms with Gasteiger partial charge in [0, 0.05) is 77.0 Å². The molecule has 6 amide bonds. The number of hydrogen-bond donors (Lipinski definition) is 4. The van der Waals surface area contributed by atoms with Crippen LogP contribution >= 0.6 is 49.6 Å². The van der Waals surface area contributed by atoms with E-state index in [-0.39, 0.29) is 110 Å². The van der Waals surface area contributed by atoms with Crippen molar-refractivity contribution in [1.29, 1.82) is 0 Å². The summed E-state index contributed by atoms with van der Waals surface area (Å²) in [5, 5.41) is 11.9. The van der Waals surface area contributed by atoms with E-state index < -0.39 is 35.0 Å². The number of benzene rings is 2. The molecule has 2 fully saturated rings. The second-order valence-corrected chi connectivity index (χ2v) is 21.0. The lowest BCUT2D eigenvalue weighted by Crippen LogP contribution is -2.59. The van der Waals surface area contributed by atoms with Crippen molar-refractivity contribution in [1.82, 2.24) is 40.9 Å². The zero-order valence-corrected chi connectivity index (χ0v) is 48.7. The summed E-state index contributed by atoms with van der Waals surface area (Å²) in [6, 6.07) is 17.3. The van der Waals surface area contributed by atoms with E-state index in [4.69, 9.17) is 0 Å². The van der Waals surface area contributed by atoms with Gasteiger partial charge in [0.2, 0.25) is 35.4 Å². The molecule has 414 valence electrons. The summed E-state index contributed by atoms with van der Waals surface area (Å²) in [5.74, 6) is 11.0. The third-order valence-corrected chi connectivity index (χ3v) is 13.5. The Morgan fingerprint density at radius 1 is 0.581 bits per heavy atom. The monoisotopic (exact) mass is 1110 g/mol. The maximum atomic E-state index is 14.2. The van der Waals surface area contributed by atoms with Gasteiger partial charge in [0.25, 0.3) is 0 Å². The van der Waals surface area contributed by atoms with Crippen LogP contribution in [-0.2, 0) is 41.6 Å². The fraction of sp³-hybridized carbons (Fsp3) is 0.607. The average Bonchev–Trinajstić information content (AvgIpc) is 4.01. The van der Waals surface area contributed by atoms with Crippen LogP contribution in [0.25, 0.3) is 0 Å². The Morgan fingerprint density at radius 3 is 1.23 bits per heavy atom. The van der Waals surface area contributed by atoms with Crippen LogP contribution in [0.5, 0.6) is 0 Å². The predicted octanol–water partition coefficient (Wildman–Crippen LogP) is 6.64. The number of carbonyl (C=O) groups is 6. The second kappa shape index (κ2) is 34.2. The van der Waals surface area contributed by atoms with Crippen LogP contribution in [0.15, 0.2) is 60.7 Å². The van der Waals surface area contributed by atoms with E-state index in [0.717, 1.165) is 36.8 Å². The van der Waals surface area contributed by atoms with Gasteiger partial charge >= 0.3 is 0 Å². The van der Waals surface area contributed by atoms with E-state index in [1.54, 1.807) is 27.9 Å². The molecule has 6 atom stereocenters. The highest BCUT2D eigenvalue weighted by molar-refractivity contribution is 5.91. The molecule has 0 aromatic heterocycles. The molecular weight excluding hydrogens is 1020 g/mol. The molecule has 2 heterocycles. The Kier molecular flexibility index (Phi) is 32.1. The summed E-state index contributed by atoms with van der Waals surface area (Å²) in [6.07, 6.45) is 5.48. The van der Waals surface area contributed by atoms with Crippen LogP contribution in [0.1, 0.15) is 118 Å². The number of likely N-dealkylation sites (tertiary alicyclic amines) is 2. The number of nitrogens with one attached hydrogen (secondary N) is 4. The summed E-state index contributed by atoms with van der Waals surface area (Å²) in [6.45, 7) is 18.1. The molecule has 2 saturated heterocycles. The zero-order valence-electron chi connectivity index (χ0n) is 45.4. The molecule has 4 rings (SSSR count). The molecule has 4 N–H and O–H groups in total. The lowest BCUT2D eigenvalue weighted by molar-refractivity contribution is -0.142. The molecule has 0 bridgehead atoms. The van der Waals surface area contributed by atoms with Crippen molar-refractivity contribution >= 4 is 85.1 Å². The highest BCUT2D eigenvalue weighted by Gasteiger charge is 2.42. The van der Waals surface area contributed by atoms with Crippen molar-refractivity contribution in [2.75, 3.05) is 53.4 Å². The van der Waals surface area contributed by atoms with Gasteiger partial charge < -0.3 is 40.9 Å². The van der Waals surface area contributed by atoms with Gasteiger partial charge in [-0.2, -0.15) is 0 Å². The zero-order chi connectivity index (χ0) is 51.4.